The first-order valence-electron chi connectivity index (χ1n) is 9.40. The lowest BCUT2D eigenvalue weighted by Gasteiger charge is -2.36. The van der Waals surface area contributed by atoms with Gasteiger partial charge in [0, 0.05) is 0 Å². The zero-order chi connectivity index (χ0) is 19.1. The Hall–Kier alpha value is -1.50. The Morgan fingerprint density at radius 3 is 2.12 bits per heavy atom. The molecule has 0 aliphatic carbocycles. The molecule has 0 spiro atoms. The van der Waals surface area contributed by atoms with Gasteiger partial charge in [0.05, 0.1) is 46.6 Å². The average Bonchev–Trinajstić information content (AvgIpc) is 2.63. The molecule has 1 aromatic rings. The maximum Gasteiger partial charge on any atom is 0.203 e. The first kappa shape index (κ1) is 20.8. The van der Waals surface area contributed by atoms with Gasteiger partial charge in [-0.3, -0.25) is 0 Å². The first-order chi connectivity index (χ1) is 12.5. The quantitative estimate of drug-likeness (QED) is 0.691. The van der Waals surface area contributed by atoms with Crippen molar-refractivity contribution in [1.82, 2.24) is 0 Å². The zero-order valence-electron chi connectivity index (χ0n) is 16.7. The normalized spacial score (nSPS) is 22.1. The number of hydrogen-bond acceptors (Lipinski definition) is 5. The van der Waals surface area contributed by atoms with Crippen molar-refractivity contribution in [2.75, 3.05) is 34.5 Å². The van der Waals surface area contributed by atoms with E-state index in [2.05, 4.69) is 13.8 Å². The molecule has 1 fully saturated rings. The van der Waals surface area contributed by atoms with Gasteiger partial charge in [-0.25, -0.2) is 0 Å². The summed E-state index contributed by atoms with van der Waals surface area (Å²) in [6, 6.07) is 4.94. The van der Waals surface area contributed by atoms with Gasteiger partial charge in [-0.1, -0.05) is 0 Å². The second-order valence-electron chi connectivity index (χ2n) is 7.21. The van der Waals surface area contributed by atoms with Crippen molar-refractivity contribution in [3.05, 3.63) is 17.7 Å². The number of aliphatic hydroxyl groups is 1. The van der Waals surface area contributed by atoms with Crippen LogP contribution in [0.3, 0.4) is 0 Å². The van der Waals surface area contributed by atoms with E-state index in [-0.39, 0.29) is 0 Å². The maximum absolute atomic E-state index is 10.4. The van der Waals surface area contributed by atoms with Crippen LogP contribution in [-0.2, 0) is 11.3 Å². The molecule has 26 heavy (non-hydrogen) atoms. The summed E-state index contributed by atoms with van der Waals surface area (Å²) in [4.78, 5) is 1.49. The Labute approximate surface area is 157 Å². The molecule has 6 nitrogen and oxygen atoms in total. The monoisotopic (exact) mass is 368 g/mol. The molecule has 6 heteroatoms. The molecule has 0 unspecified atom stereocenters. The fraction of sp³-hybridized carbons (Fsp3) is 0.700. The van der Waals surface area contributed by atoms with Crippen LogP contribution in [0.15, 0.2) is 12.1 Å². The minimum atomic E-state index is -0.463. The van der Waals surface area contributed by atoms with E-state index in [1.165, 1.54) is 24.2 Å². The Balaban J connectivity index is 1.88. The van der Waals surface area contributed by atoms with Crippen LogP contribution >= 0.6 is 0 Å². The highest BCUT2D eigenvalue weighted by Crippen LogP contribution is 2.38. The molecule has 1 heterocycles. The summed E-state index contributed by atoms with van der Waals surface area (Å²) in [5.41, 5.74) is 0.916. The lowest BCUT2D eigenvalue weighted by molar-refractivity contribution is -0.954. The van der Waals surface area contributed by atoms with E-state index in [0.717, 1.165) is 12.1 Å². The van der Waals surface area contributed by atoms with Gasteiger partial charge in [-0.2, -0.15) is 0 Å². The highest BCUT2D eigenvalue weighted by Gasteiger charge is 2.30. The fourth-order valence-corrected chi connectivity index (χ4v) is 3.85. The molecule has 2 rings (SSSR count). The summed E-state index contributed by atoms with van der Waals surface area (Å²) < 4.78 is 21.8. The van der Waals surface area contributed by atoms with Gasteiger partial charge in [-0.15, -0.1) is 0 Å². The summed E-state index contributed by atoms with van der Waals surface area (Å²) in [5, 5.41) is 10.4. The van der Waals surface area contributed by atoms with Crippen LogP contribution in [0.2, 0.25) is 0 Å². The summed E-state index contributed by atoms with van der Waals surface area (Å²) in [7, 11) is 4.77. The van der Waals surface area contributed by atoms with Crippen LogP contribution in [0.5, 0.6) is 17.2 Å². The Kier molecular flexibility index (Phi) is 8.00. The van der Waals surface area contributed by atoms with Crippen molar-refractivity contribution in [2.24, 2.45) is 0 Å². The molecular weight excluding hydrogens is 334 g/mol. The highest BCUT2D eigenvalue weighted by atomic mass is 16.5. The molecule has 0 amide bonds. The van der Waals surface area contributed by atoms with E-state index < -0.39 is 6.10 Å². The number of nitrogens with one attached hydrogen (secondary N) is 1. The van der Waals surface area contributed by atoms with E-state index in [0.29, 0.717) is 42.5 Å². The van der Waals surface area contributed by atoms with E-state index in [4.69, 9.17) is 18.9 Å². The number of rotatable bonds is 9. The summed E-state index contributed by atoms with van der Waals surface area (Å²) >= 11 is 0. The van der Waals surface area contributed by atoms with Crippen molar-refractivity contribution >= 4 is 0 Å². The van der Waals surface area contributed by atoms with Crippen LogP contribution in [-0.4, -0.2) is 57.8 Å². The van der Waals surface area contributed by atoms with Crippen molar-refractivity contribution in [1.29, 1.82) is 0 Å². The molecule has 0 radical (unpaired) electrons. The molecule has 0 bridgehead atoms. The maximum atomic E-state index is 10.4. The summed E-state index contributed by atoms with van der Waals surface area (Å²) in [5.74, 6) is 1.77. The van der Waals surface area contributed by atoms with Crippen molar-refractivity contribution in [2.45, 2.75) is 57.9 Å². The van der Waals surface area contributed by atoms with Crippen LogP contribution in [0.1, 0.15) is 38.7 Å². The van der Waals surface area contributed by atoms with Gasteiger partial charge in [0.15, 0.2) is 11.5 Å². The fourth-order valence-electron chi connectivity index (χ4n) is 3.85. The largest absolute Gasteiger partial charge is 0.493 e. The molecule has 1 aromatic carbocycles. The molecule has 2 N–H and O–H groups in total. The number of quaternary nitrogens is 1. The SMILES string of the molecule is COc1cc(COC[C@@H](O)C[NH+]2[C@@H](C)CCC[C@@H]2C)cc(OC)c1OC. The van der Waals surface area contributed by atoms with E-state index in [1.54, 1.807) is 21.3 Å². The van der Waals surface area contributed by atoms with Gasteiger partial charge < -0.3 is 29.0 Å². The lowest BCUT2D eigenvalue weighted by Crippen LogP contribution is -3.20. The summed E-state index contributed by atoms with van der Waals surface area (Å²) in [6.07, 6.45) is 3.30. The third-order valence-corrected chi connectivity index (χ3v) is 5.32. The smallest absolute Gasteiger partial charge is 0.203 e. The molecule has 1 aliphatic rings. The Bertz CT molecular complexity index is 530. The molecule has 0 saturated carbocycles. The number of likely N-dealkylation sites (tertiary alicyclic amines) is 1. The number of hydrogen-bond donors (Lipinski definition) is 2. The third-order valence-electron chi connectivity index (χ3n) is 5.32. The Morgan fingerprint density at radius 1 is 1.04 bits per heavy atom. The van der Waals surface area contributed by atoms with Crippen molar-refractivity contribution < 1.29 is 29.0 Å². The molecule has 3 atom stereocenters. The Morgan fingerprint density at radius 2 is 1.62 bits per heavy atom. The average molecular weight is 368 g/mol. The van der Waals surface area contributed by atoms with Crippen molar-refractivity contribution in [3.63, 3.8) is 0 Å². The number of aliphatic hydroxyl groups excluding tert-OH is 1. The molecule has 1 aliphatic heterocycles. The predicted octanol–water partition coefficient (Wildman–Crippen LogP) is 1.44. The molecule has 148 valence electrons. The van der Waals surface area contributed by atoms with Gasteiger partial charge in [0.1, 0.15) is 12.6 Å². The van der Waals surface area contributed by atoms with Gasteiger partial charge >= 0.3 is 0 Å². The van der Waals surface area contributed by atoms with Gasteiger partial charge in [0.25, 0.3) is 0 Å². The molecule has 1 saturated heterocycles. The van der Waals surface area contributed by atoms with E-state index >= 15 is 0 Å². The first-order valence-corrected chi connectivity index (χ1v) is 9.40. The standard InChI is InChI=1S/C20H33NO5/c1-14-7-6-8-15(2)21(14)11-17(22)13-26-12-16-9-18(23-3)20(25-5)19(10-16)24-4/h9-10,14-15,17,22H,6-8,11-13H2,1-5H3/p+1/t14-,15-,17-/m0/s1. The minimum Gasteiger partial charge on any atom is -0.493 e. The molecular formula is C20H34NO5+. The number of piperidine rings is 1. The van der Waals surface area contributed by atoms with Gasteiger partial charge in [-0.05, 0) is 50.8 Å². The van der Waals surface area contributed by atoms with E-state index in [9.17, 15) is 5.11 Å². The second kappa shape index (κ2) is 10.00. The van der Waals surface area contributed by atoms with Crippen LogP contribution in [0.4, 0.5) is 0 Å². The second-order valence-corrected chi connectivity index (χ2v) is 7.21. The number of benzene rings is 1. The lowest BCUT2D eigenvalue weighted by atomic mass is 9.97. The molecule has 0 aromatic heterocycles. The van der Waals surface area contributed by atoms with Crippen LogP contribution in [0, 0.1) is 0 Å². The highest BCUT2D eigenvalue weighted by molar-refractivity contribution is 5.53. The van der Waals surface area contributed by atoms with Crippen LogP contribution < -0.4 is 19.1 Å². The topological polar surface area (TPSA) is 61.6 Å². The number of methoxy groups -OCH3 is 3. The van der Waals surface area contributed by atoms with Crippen molar-refractivity contribution in [3.8, 4) is 17.2 Å². The van der Waals surface area contributed by atoms with Gasteiger partial charge in [0.2, 0.25) is 5.75 Å². The van der Waals surface area contributed by atoms with E-state index in [1.807, 2.05) is 12.1 Å². The number of ether oxygens (including phenoxy) is 4. The zero-order valence-corrected chi connectivity index (χ0v) is 16.7. The third kappa shape index (κ3) is 5.25. The van der Waals surface area contributed by atoms with Crippen LogP contribution in [0.25, 0.3) is 0 Å². The summed E-state index contributed by atoms with van der Waals surface area (Å²) in [6.45, 7) is 5.98. The predicted molar refractivity (Wildman–Crippen MR) is 100 cm³/mol. The minimum absolute atomic E-state index is 0.319.